The number of halogens is 1. The Hall–Kier alpha value is -2.91. The second kappa shape index (κ2) is 10.4. The van der Waals surface area contributed by atoms with Crippen molar-refractivity contribution >= 4 is 40.6 Å². The highest BCUT2D eigenvalue weighted by Gasteiger charge is 2.28. The van der Waals surface area contributed by atoms with Gasteiger partial charge < -0.3 is 9.88 Å². The molecular weight excluding hydrogens is 462 g/mol. The topological polar surface area (TPSA) is 103 Å². The van der Waals surface area contributed by atoms with Crippen LogP contribution in [-0.4, -0.2) is 25.6 Å². The Bertz CT molecular complexity index is 1150. The molecule has 1 fully saturated rings. The zero-order valence-corrected chi connectivity index (χ0v) is 19.7. The number of nitrogens with one attached hydrogen (secondary N) is 1. The van der Waals surface area contributed by atoms with Crippen LogP contribution in [0, 0.1) is 17.0 Å². The van der Waals surface area contributed by atoms with Crippen molar-refractivity contribution in [2.75, 3.05) is 5.32 Å². The van der Waals surface area contributed by atoms with E-state index in [4.69, 9.17) is 11.6 Å². The van der Waals surface area contributed by atoms with Gasteiger partial charge in [0.1, 0.15) is 16.1 Å². The Morgan fingerprint density at radius 2 is 1.91 bits per heavy atom. The van der Waals surface area contributed by atoms with E-state index in [1.807, 2.05) is 37.3 Å². The van der Waals surface area contributed by atoms with Gasteiger partial charge in [0.15, 0.2) is 5.16 Å². The molecule has 1 unspecified atom stereocenters. The van der Waals surface area contributed by atoms with Crippen LogP contribution in [0.1, 0.15) is 54.8 Å². The number of benzene rings is 2. The second-order valence-corrected chi connectivity index (χ2v) is 9.49. The van der Waals surface area contributed by atoms with E-state index in [-0.39, 0.29) is 16.6 Å². The molecule has 1 heterocycles. The number of aryl methyl sites for hydroxylation is 1. The molecule has 8 nitrogen and oxygen atoms in total. The summed E-state index contributed by atoms with van der Waals surface area (Å²) in [6.07, 6.45) is 5.73. The third-order valence-corrected chi connectivity index (χ3v) is 7.28. The first-order valence-electron chi connectivity index (χ1n) is 10.8. The summed E-state index contributed by atoms with van der Waals surface area (Å²) in [4.78, 5) is 24.0. The Balaban J connectivity index is 1.63. The van der Waals surface area contributed by atoms with E-state index >= 15 is 0 Å². The lowest BCUT2D eigenvalue weighted by Gasteiger charge is -2.26. The van der Waals surface area contributed by atoms with E-state index in [0.717, 1.165) is 24.2 Å². The molecule has 1 atom stereocenters. The van der Waals surface area contributed by atoms with Crippen LogP contribution in [0.5, 0.6) is 0 Å². The number of nitro benzene ring substituents is 1. The van der Waals surface area contributed by atoms with Gasteiger partial charge in [0, 0.05) is 17.8 Å². The fourth-order valence-electron chi connectivity index (χ4n) is 4.13. The number of rotatable bonds is 7. The molecule has 1 aliphatic carbocycles. The molecule has 0 saturated heterocycles. The Labute approximate surface area is 200 Å². The van der Waals surface area contributed by atoms with E-state index in [2.05, 4.69) is 20.1 Å². The van der Waals surface area contributed by atoms with Crippen molar-refractivity contribution in [3.05, 3.63) is 75.1 Å². The fourth-order valence-corrected chi connectivity index (χ4v) is 5.47. The van der Waals surface area contributed by atoms with Gasteiger partial charge in [-0.15, -0.1) is 10.2 Å². The molecule has 10 heteroatoms. The highest BCUT2D eigenvalue weighted by molar-refractivity contribution is 8.00. The molecule has 1 saturated carbocycles. The van der Waals surface area contributed by atoms with Gasteiger partial charge in [-0.2, -0.15) is 0 Å². The van der Waals surface area contributed by atoms with E-state index < -0.39 is 10.2 Å². The van der Waals surface area contributed by atoms with Crippen LogP contribution in [0.15, 0.2) is 53.7 Å². The predicted octanol–water partition coefficient (Wildman–Crippen LogP) is 6.13. The van der Waals surface area contributed by atoms with Crippen LogP contribution >= 0.6 is 23.4 Å². The SMILES string of the molecule is Cc1nnc(SC(C(=O)Nc2ccc(Cl)c([N+](=O)[O-])c2)c2ccccc2)n1C1CCCCC1. The number of thioether (sulfide) groups is 1. The standard InChI is InChI=1S/C23H24ClN5O3S/c1-15-26-27-23(28(15)18-10-6-3-7-11-18)33-21(16-8-4-2-5-9-16)22(30)25-17-12-13-19(24)20(14-17)29(31)32/h2,4-5,8-9,12-14,18,21H,3,6-7,10-11H2,1H3,(H,25,30). The van der Waals surface area contributed by atoms with Gasteiger partial charge in [0.05, 0.1) is 4.92 Å². The van der Waals surface area contributed by atoms with Crippen molar-refractivity contribution < 1.29 is 9.72 Å². The highest BCUT2D eigenvalue weighted by Crippen LogP contribution is 2.39. The summed E-state index contributed by atoms with van der Waals surface area (Å²) < 4.78 is 2.15. The minimum absolute atomic E-state index is 0.0167. The first kappa shape index (κ1) is 23.3. The number of nitrogens with zero attached hydrogens (tertiary/aromatic N) is 4. The molecule has 3 aromatic rings. The van der Waals surface area contributed by atoms with Crippen LogP contribution in [0.4, 0.5) is 11.4 Å². The summed E-state index contributed by atoms with van der Waals surface area (Å²) in [5.41, 5.74) is 0.855. The van der Waals surface area contributed by atoms with Gasteiger partial charge in [0.25, 0.3) is 5.69 Å². The molecule has 0 radical (unpaired) electrons. The van der Waals surface area contributed by atoms with Crippen molar-refractivity contribution in [2.45, 2.75) is 55.5 Å². The van der Waals surface area contributed by atoms with Gasteiger partial charge in [0.2, 0.25) is 5.91 Å². The lowest BCUT2D eigenvalue weighted by molar-refractivity contribution is -0.384. The number of hydrogen-bond acceptors (Lipinski definition) is 6. The third-order valence-electron chi connectivity index (χ3n) is 5.75. The molecule has 1 amide bonds. The van der Waals surface area contributed by atoms with Gasteiger partial charge in [-0.3, -0.25) is 14.9 Å². The number of nitro groups is 1. The van der Waals surface area contributed by atoms with Gasteiger partial charge in [-0.25, -0.2) is 0 Å². The lowest BCUT2D eigenvalue weighted by Crippen LogP contribution is -2.21. The van der Waals surface area contributed by atoms with Gasteiger partial charge in [-0.1, -0.05) is 73.0 Å². The third kappa shape index (κ3) is 5.36. The summed E-state index contributed by atoms with van der Waals surface area (Å²) in [7, 11) is 0. The van der Waals surface area contributed by atoms with E-state index in [9.17, 15) is 14.9 Å². The maximum atomic E-state index is 13.4. The normalized spacial score (nSPS) is 15.2. The first-order valence-corrected chi connectivity index (χ1v) is 12.1. The zero-order valence-electron chi connectivity index (χ0n) is 18.1. The van der Waals surface area contributed by atoms with Crippen molar-refractivity contribution in [3.63, 3.8) is 0 Å². The average Bonchev–Trinajstić information content (AvgIpc) is 3.19. The molecule has 0 bridgehead atoms. The monoisotopic (exact) mass is 485 g/mol. The van der Waals surface area contributed by atoms with Gasteiger partial charge in [-0.05, 0) is 37.5 Å². The molecule has 33 heavy (non-hydrogen) atoms. The quantitative estimate of drug-likeness (QED) is 0.245. The van der Waals surface area contributed by atoms with Crippen molar-refractivity contribution in [3.8, 4) is 0 Å². The van der Waals surface area contributed by atoms with E-state index in [1.165, 1.54) is 43.2 Å². The molecule has 1 aliphatic rings. The molecule has 0 spiro atoms. The zero-order chi connectivity index (χ0) is 23.4. The molecule has 1 aromatic heterocycles. The van der Waals surface area contributed by atoms with Crippen molar-refractivity contribution in [2.24, 2.45) is 0 Å². The van der Waals surface area contributed by atoms with Crippen LogP contribution in [-0.2, 0) is 4.79 Å². The minimum atomic E-state index is -0.619. The van der Waals surface area contributed by atoms with Crippen LogP contribution in [0.25, 0.3) is 0 Å². The summed E-state index contributed by atoms with van der Waals surface area (Å²) in [6.45, 7) is 1.94. The van der Waals surface area contributed by atoms with Crippen LogP contribution in [0.2, 0.25) is 5.02 Å². The maximum Gasteiger partial charge on any atom is 0.289 e. The van der Waals surface area contributed by atoms with E-state index in [0.29, 0.717) is 16.9 Å². The minimum Gasteiger partial charge on any atom is -0.325 e. The van der Waals surface area contributed by atoms with Crippen molar-refractivity contribution in [1.29, 1.82) is 0 Å². The average molecular weight is 486 g/mol. The summed E-state index contributed by atoms with van der Waals surface area (Å²) in [5.74, 6) is 0.531. The Morgan fingerprint density at radius 3 is 2.61 bits per heavy atom. The second-order valence-electron chi connectivity index (χ2n) is 8.01. The molecule has 4 rings (SSSR count). The smallest absolute Gasteiger partial charge is 0.289 e. The molecule has 172 valence electrons. The summed E-state index contributed by atoms with van der Waals surface area (Å²) in [5, 5.41) is 22.8. The fraction of sp³-hybridized carbons (Fsp3) is 0.348. The molecule has 1 N–H and O–H groups in total. The highest BCUT2D eigenvalue weighted by atomic mass is 35.5. The summed E-state index contributed by atoms with van der Waals surface area (Å²) in [6, 6.07) is 14.0. The molecular formula is C23H24ClN5O3S. The number of aromatic nitrogens is 3. The largest absolute Gasteiger partial charge is 0.325 e. The first-order chi connectivity index (χ1) is 15.9. The number of amides is 1. The van der Waals surface area contributed by atoms with E-state index in [1.54, 1.807) is 6.07 Å². The van der Waals surface area contributed by atoms with Crippen LogP contribution < -0.4 is 5.32 Å². The molecule has 2 aromatic carbocycles. The Morgan fingerprint density at radius 1 is 1.18 bits per heavy atom. The predicted molar refractivity (Wildman–Crippen MR) is 129 cm³/mol. The van der Waals surface area contributed by atoms with Gasteiger partial charge >= 0.3 is 0 Å². The maximum absolute atomic E-state index is 13.4. The molecule has 0 aliphatic heterocycles. The number of anilines is 1. The Kier molecular flexibility index (Phi) is 7.29. The number of hydrogen-bond donors (Lipinski definition) is 1. The van der Waals surface area contributed by atoms with Crippen molar-refractivity contribution in [1.82, 2.24) is 14.8 Å². The lowest BCUT2D eigenvalue weighted by atomic mass is 9.95. The number of carbonyl (C=O) groups is 1. The summed E-state index contributed by atoms with van der Waals surface area (Å²) >= 11 is 7.25. The van der Waals surface area contributed by atoms with Crippen LogP contribution in [0.3, 0.4) is 0 Å². The number of carbonyl (C=O) groups excluding carboxylic acids is 1.